The molecule has 4 aromatic rings. The number of thiazole rings is 1. The van der Waals surface area contributed by atoms with Crippen LogP contribution in [-0.2, 0) is 17.8 Å². The van der Waals surface area contributed by atoms with Crippen molar-refractivity contribution >= 4 is 17.3 Å². The van der Waals surface area contributed by atoms with E-state index in [0.717, 1.165) is 27.6 Å². The van der Waals surface area contributed by atoms with Gasteiger partial charge in [-0.05, 0) is 17.7 Å². The highest BCUT2D eigenvalue weighted by Gasteiger charge is 2.15. The summed E-state index contributed by atoms with van der Waals surface area (Å²) in [6.45, 7) is 0.166. The van der Waals surface area contributed by atoms with Crippen molar-refractivity contribution in [3.05, 3.63) is 113 Å². The van der Waals surface area contributed by atoms with Crippen molar-refractivity contribution in [3.8, 4) is 10.6 Å². The van der Waals surface area contributed by atoms with Crippen LogP contribution in [0.3, 0.4) is 0 Å². The number of nitrogens with zero attached hydrogens (tertiary/aromatic N) is 1. The van der Waals surface area contributed by atoms with Crippen molar-refractivity contribution in [2.75, 3.05) is 0 Å². The van der Waals surface area contributed by atoms with Gasteiger partial charge in [0.15, 0.2) is 0 Å². The lowest BCUT2D eigenvalue weighted by molar-refractivity contribution is 0.0467. The maximum Gasteiger partial charge on any atom is 0.338 e. The Hall–Kier alpha value is -3.24. The minimum Gasteiger partial charge on any atom is -0.456 e. The van der Waals surface area contributed by atoms with E-state index in [1.54, 1.807) is 23.5 Å². The van der Waals surface area contributed by atoms with Gasteiger partial charge in [0, 0.05) is 16.9 Å². The summed E-state index contributed by atoms with van der Waals surface area (Å²) in [5, 5.41) is 0.942. The Bertz CT molecular complexity index is 1040. The van der Waals surface area contributed by atoms with E-state index in [-0.39, 0.29) is 12.6 Å². The standard InChI is InChI=1S/C24H19NO2S/c26-24(20-14-8-3-9-15-20)27-17-21-22(16-18-10-4-1-5-11-18)28-23(25-21)19-12-6-2-7-13-19/h1-15H,16-17H2. The molecule has 0 radical (unpaired) electrons. The molecular weight excluding hydrogens is 366 g/mol. The summed E-state index contributed by atoms with van der Waals surface area (Å²) in [5.74, 6) is -0.333. The van der Waals surface area contributed by atoms with Crippen LogP contribution in [0.15, 0.2) is 91.0 Å². The predicted octanol–water partition coefficient (Wildman–Crippen LogP) is 5.76. The number of carbonyl (C=O) groups excluding carboxylic acids is 1. The van der Waals surface area contributed by atoms with Gasteiger partial charge in [0.25, 0.3) is 0 Å². The highest BCUT2D eigenvalue weighted by molar-refractivity contribution is 7.15. The topological polar surface area (TPSA) is 39.2 Å². The molecule has 0 amide bonds. The lowest BCUT2D eigenvalue weighted by Crippen LogP contribution is -2.06. The second kappa shape index (κ2) is 8.63. The van der Waals surface area contributed by atoms with Crippen molar-refractivity contribution in [1.29, 1.82) is 0 Å². The molecule has 28 heavy (non-hydrogen) atoms. The van der Waals surface area contributed by atoms with Gasteiger partial charge in [-0.1, -0.05) is 78.9 Å². The molecular formula is C24H19NO2S. The molecule has 0 N–H and O–H groups in total. The monoisotopic (exact) mass is 385 g/mol. The molecule has 0 bridgehead atoms. The van der Waals surface area contributed by atoms with Crippen molar-refractivity contribution in [1.82, 2.24) is 4.98 Å². The van der Waals surface area contributed by atoms with Gasteiger partial charge in [-0.2, -0.15) is 0 Å². The lowest BCUT2D eigenvalue weighted by Gasteiger charge is -2.05. The van der Waals surface area contributed by atoms with Crippen LogP contribution in [0.4, 0.5) is 0 Å². The van der Waals surface area contributed by atoms with Crippen LogP contribution in [0.2, 0.25) is 0 Å². The number of hydrogen-bond donors (Lipinski definition) is 0. The summed E-state index contributed by atoms with van der Waals surface area (Å²) in [6, 6.07) is 29.4. The second-order valence-electron chi connectivity index (χ2n) is 6.36. The third kappa shape index (κ3) is 4.35. The normalized spacial score (nSPS) is 10.6. The highest BCUT2D eigenvalue weighted by atomic mass is 32.1. The Morgan fingerprint density at radius 1 is 0.821 bits per heavy atom. The molecule has 0 saturated carbocycles. The summed E-state index contributed by atoms with van der Waals surface area (Å²) in [4.78, 5) is 18.2. The van der Waals surface area contributed by atoms with Crippen LogP contribution >= 0.6 is 11.3 Å². The Morgan fingerprint density at radius 2 is 1.43 bits per heavy atom. The van der Waals surface area contributed by atoms with Gasteiger partial charge in [-0.3, -0.25) is 0 Å². The van der Waals surface area contributed by atoms with Gasteiger partial charge in [0.2, 0.25) is 0 Å². The predicted molar refractivity (Wildman–Crippen MR) is 112 cm³/mol. The first-order chi connectivity index (χ1) is 13.8. The minimum atomic E-state index is -0.333. The number of rotatable bonds is 6. The fourth-order valence-corrected chi connectivity index (χ4v) is 4.02. The second-order valence-corrected chi connectivity index (χ2v) is 7.44. The molecule has 4 heteroatoms. The largest absolute Gasteiger partial charge is 0.456 e. The molecule has 1 heterocycles. The van der Waals surface area contributed by atoms with Crippen LogP contribution in [-0.4, -0.2) is 11.0 Å². The lowest BCUT2D eigenvalue weighted by atomic mass is 10.1. The zero-order valence-corrected chi connectivity index (χ0v) is 16.1. The third-order valence-electron chi connectivity index (χ3n) is 4.36. The Balaban J connectivity index is 1.58. The van der Waals surface area contributed by atoms with E-state index >= 15 is 0 Å². The van der Waals surface area contributed by atoms with E-state index in [1.165, 1.54) is 5.56 Å². The molecule has 0 atom stereocenters. The van der Waals surface area contributed by atoms with Crippen molar-refractivity contribution in [2.24, 2.45) is 0 Å². The van der Waals surface area contributed by atoms with Crippen LogP contribution in [0.25, 0.3) is 10.6 Å². The zero-order valence-electron chi connectivity index (χ0n) is 15.2. The summed E-state index contributed by atoms with van der Waals surface area (Å²) in [6.07, 6.45) is 0.767. The van der Waals surface area contributed by atoms with Crippen molar-refractivity contribution in [2.45, 2.75) is 13.0 Å². The van der Waals surface area contributed by atoms with Gasteiger partial charge in [-0.25, -0.2) is 9.78 Å². The maximum absolute atomic E-state index is 12.3. The van der Waals surface area contributed by atoms with Crippen LogP contribution in [0.1, 0.15) is 26.5 Å². The molecule has 0 fully saturated rings. The molecule has 0 saturated heterocycles. The Labute approximate surface area is 168 Å². The first-order valence-electron chi connectivity index (χ1n) is 9.10. The molecule has 0 unspecified atom stereocenters. The Morgan fingerprint density at radius 3 is 2.11 bits per heavy atom. The number of ether oxygens (including phenoxy) is 1. The van der Waals surface area contributed by atoms with Crippen LogP contribution < -0.4 is 0 Å². The summed E-state index contributed by atoms with van der Waals surface area (Å²) in [7, 11) is 0. The van der Waals surface area contributed by atoms with E-state index in [9.17, 15) is 4.79 Å². The van der Waals surface area contributed by atoms with E-state index in [0.29, 0.717) is 5.56 Å². The molecule has 0 spiro atoms. The van der Waals surface area contributed by atoms with E-state index in [4.69, 9.17) is 9.72 Å². The van der Waals surface area contributed by atoms with E-state index < -0.39 is 0 Å². The molecule has 0 aliphatic heterocycles. The van der Waals surface area contributed by atoms with Crippen molar-refractivity contribution in [3.63, 3.8) is 0 Å². The van der Waals surface area contributed by atoms with Gasteiger partial charge in [0.05, 0.1) is 11.3 Å². The smallest absolute Gasteiger partial charge is 0.338 e. The van der Waals surface area contributed by atoms with Gasteiger partial charge in [-0.15, -0.1) is 11.3 Å². The molecule has 4 rings (SSSR count). The molecule has 138 valence electrons. The maximum atomic E-state index is 12.3. The Kier molecular flexibility index (Phi) is 5.59. The summed E-state index contributed by atoms with van der Waals surface area (Å²) < 4.78 is 5.55. The first kappa shape index (κ1) is 18.1. The number of esters is 1. The quantitative estimate of drug-likeness (QED) is 0.396. The van der Waals surface area contributed by atoms with E-state index in [2.05, 4.69) is 12.1 Å². The van der Waals surface area contributed by atoms with Crippen LogP contribution in [0.5, 0.6) is 0 Å². The third-order valence-corrected chi connectivity index (χ3v) is 5.50. The fourth-order valence-electron chi connectivity index (χ4n) is 2.91. The number of hydrogen-bond acceptors (Lipinski definition) is 4. The molecule has 1 aromatic heterocycles. The molecule has 0 aliphatic rings. The fraction of sp³-hybridized carbons (Fsp3) is 0.0833. The highest BCUT2D eigenvalue weighted by Crippen LogP contribution is 2.30. The zero-order chi connectivity index (χ0) is 19.2. The molecule has 3 nitrogen and oxygen atoms in total. The van der Waals surface area contributed by atoms with Crippen LogP contribution in [0, 0.1) is 0 Å². The number of aromatic nitrogens is 1. The van der Waals surface area contributed by atoms with Gasteiger partial charge >= 0.3 is 5.97 Å². The molecule has 3 aromatic carbocycles. The average Bonchev–Trinajstić information content (AvgIpc) is 3.16. The summed E-state index contributed by atoms with van der Waals surface area (Å²) in [5.41, 5.74) is 3.64. The number of benzene rings is 3. The molecule has 0 aliphatic carbocycles. The first-order valence-corrected chi connectivity index (χ1v) is 9.91. The minimum absolute atomic E-state index is 0.166. The van der Waals surface area contributed by atoms with Gasteiger partial charge < -0.3 is 4.74 Å². The SMILES string of the molecule is O=C(OCc1nc(-c2ccccc2)sc1Cc1ccccc1)c1ccccc1. The van der Waals surface area contributed by atoms with E-state index in [1.807, 2.05) is 66.7 Å². The van der Waals surface area contributed by atoms with Gasteiger partial charge in [0.1, 0.15) is 11.6 Å². The summed E-state index contributed by atoms with van der Waals surface area (Å²) >= 11 is 1.65. The number of carbonyl (C=O) groups is 1. The van der Waals surface area contributed by atoms with Crippen molar-refractivity contribution < 1.29 is 9.53 Å². The average molecular weight is 385 g/mol.